The van der Waals surface area contributed by atoms with E-state index in [1.807, 2.05) is 13.8 Å². The van der Waals surface area contributed by atoms with Gasteiger partial charge in [-0.25, -0.2) is 9.78 Å². The van der Waals surface area contributed by atoms with Crippen molar-refractivity contribution in [2.75, 3.05) is 25.0 Å². The molecule has 2 N–H and O–H groups in total. The fourth-order valence-corrected chi connectivity index (χ4v) is 1.75. The Labute approximate surface area is 118 Å². The van der Waals surface area contributed by atoms with Gasteiger partial charge in [0.1, 0.15) is 5.82 Å². The fourth-order valence-electron chi connectivity index (χ4n) is 1.75. The number of carboxylic acid groups (broad SMARTS) is 1. The van der Waals surface area contributed by atoms with E-state index in [1.165, 1.54) is 6.20 Å². The second kappa shape index (κ2) is 6.88. The molecule has 0 aliphatic heterocycles. The summed E-state index contributed by atoms with van der Waals surface area (Å²) in [5, 5.41) is 11.7. The average molecular weight is 279 g/mol. The third kappa shape index (κ3) is 4.53. The smallest absolute Gasteiger partial charge is 0.337 e. The molecule has 1 amide bonds. The van der Waals surface area contributed by atoms with Gasteiger partial charge in [0.15, 0.2) is 0 Å². The Hall–Kier alpha value is -2.11. The fraction of sp³-hybridized carbons (Fsp3) is 0.500. The standard InChI is InChI=1S/C14H21N3O3/c1-9(2)6-15-12(18)8-17(4)13-10(3)5-11(7-16-13)14(19)20/h5,7,9H,6,8H2,1-4H3,(H,15,18)(H,19,20). The first-order valence-corrected chi connectivity index (χ1v) is 6.49. The number of rotatable bonds is 6. The molecule has 1 rings (SSSR count). The zero-order chi connectivity index (χ0) is 15.3. The molecule has 0 bridgehead atoms. The van der Waals surface area contributed by atoms with Crippen LogP contribution in [0.5, 0.6) is 0 Å². The number of aryl methyl sites for hydroxylation is 1. The number of aromatic nitrogens is 1. The molecule has 1 aromatic rings. The van der Waals surface area contributed by atoms with Crippen LogP contribution >= 0.6 is 0 Å². The number of carbonyl (C=O) groups is 2. The van der Waals surface area contributed by atoms with Crippen molar-refractivity contribution in [1.29, 1.82) is 0 Å². The van der Waals surface area contributed by atoms with E-state index in [-0.39, 0.29) is 18.0 Å². The zero-order valence-corrected chi connectivity index (χ0v) is 12.3. The van der Waals surface area contributed by atoms with Gasteiger partial charge < -0.3 is 15.3 Å². The molecule has 0 spiro atoms. The molecule has 6 nitrogen and oxygen atoms in total. The topological polar surface area (TPSA) is 82.5 Å². The Morgan fingerprint density at radius 3 is 2.60 bits per heavy atom. The highest BCUT2D eigenvalue weighted by Crippen LogP contribution is 2.16. The van der Waals surface area contributed by atoms with Crippen molar-refractivity contribution in [2.24, 2.45) is 5.92 Å². The van der Waals surface area contributed by atoms with Gasteiger partial charge in [0.2, 0.25) is 5.91 Å². The summed E-state index contributed by atoms with van der Waals surface area (Å²) in [7, 11) is 1.75. The molecule has 0 fully saturated rings. The van der Waals surface area contributed by atoms with Crippen LogP contribution in [0, 0.1) is 12.8 Å². The maximum Gasteiger partial charge on any atom is 0.337 e. The molecule has 1 aromatic heterocycles. The monoisotopic (exact) mass is 279 g/mol. The Morgan fingerprint density at radius 1 is 1.45 bits per heavy atom. The van der Waals surface area contributed by atoms with Crippen molar-refractivity contribution in [3.8, 4) is 0 Å². The predicted molar refractivity (Wildman–Crippen MR) is 77.1 cm³/mol. The number of nitrogens with one attached hydrogen (secondary N) is 1. The summed E-state index contributed by atoms with van der Waals surface area (Å²) in [5.74, 6) is -0.0807. The van der Waals surface area contributed by atoms with Gasteiger partial charge in [-0.1, -0.05) is 13.8 Å². The van der Waals surface area contributed by atoms with Crippen molar-refractivity contribution in [3.63, 3.8) is 0 Å². The molecule has 0 saturated heterocycles. The van der Waals surface area contributed by atoms with E-state index in [9.17, 15) is 9.59 Å². The molecule has 0 atom stereocenters. The summed E-state index contributed by atoms with van der Waals surface area (Å²) in [6.45, 7) is 6.65. The highest BCUT2D eigenvalue weighted by atomic mass is 16.4. The first kappa shape index (κ1) is 15.9. The normalized spacial score (nSPS) is 10.4. The summed E-state index contributed by atoms with van der Waals surface area (Å²) < 4.78 is 0. The first-order valence-electron chi connectivity index (χ1n) is 6.49. The lowest BCUT2D eigenvalue weighted by atomic mass is 10.2. The highest BCUT2D eigenvalue weighted by molar-refractivity contribution is 5.88. The van der Waals surface area contributed by atoms with E-state index in [2.05, 4.69) is 10.3 Å². The molecule has 0 saturated carbocycles. The lowest BCUT2D eigenvalue weighted by molar-refractivity contribution is -0.119. The molecule has 0 aliphatic carbocycles. The van der Waals surface area contributed by atoms with Crippen molar-refractivity contribution in [3.05, 3.63) is 23.4 Å². The van der Waals surface area contributed by atoms with Crippen LogP contribution in [-0.4, -0.2) is 42.1 Å². The minimum atomic E-state index is -1.01. The Morgan fingerprint density at radius 2 is 2.10 bits per heavy atom. The molecular formula is C14H21N3O3. The van der Waals surface area contributed by atoms with Gasteiger partial charge in [0.05, 0.1) is 12.1 Å². The third-order valence-electron chi connectivity index (χ3n) is 2.75. The van der Waals surface area contributed by atoms with Crippen LogP contribution in [0.1, 0.15) is 29.8 Å². The van der Waals surface area contributed by atoms with Gasteiger partial charge >= 0.3 is 5.97 Å². The van der Waals surface area contributed by atoms with E-state index in [0.29, 0.717) is 18.3 Å². The SMILES string of the molecule is Cc1cc(C(=O)O)cnc1N(C)CC(=O)NCC(C)C. The number of amides is 1. The number of likely N-dealkylation sites (N-methyl/N-ethyl adjacent to an activating group) is 1. The lowest BCUT2D eigenvalue weighted by Crippen LogP contribution is -2.37. The van der Waals surface area contributed by atoms with Crippen LogP contribution in [0.3, 0.4) is 0 Å². The van der Waals surface area contributed by atoms with E-state index in [0.717, 1.165) is 5.56 Å². The van der Waals surface area contributed by atoms with Gasteiger partial charge in [0.25, 0.3) is 0 Å². The number of aromatic carboxylic acids is 1. The summed E-state index contributed by atoms with van der Waals surface area (Å²) >= 11 is 0. The molecule has 110 valence electrons. The van der Waals surface area contributed by atoms with Crippen LogP contribution < -0.4 is 10.2 Å². The van der Waals surface area contributed by atoms with Crippen LogP contribution in [0.15, 0.2) is 12.3 Å². The van der Waals surface area contributed by atoms with Gasteiger partial charge in [-0.2, -0.15) is 0 Å². The van der Waals surface area contributed by atoms with E-state index in [4.69, 9.17) is 5.11 Å². The maximum atomic E-state index is 11.7. The molecule has 0 radical (unpaired) electrons. The van der Waals surface area contributed by atoms with Crippen LogP contribution in [0.4, 0.5) is 5.82 Å². The minimum Gasteiger partial charge on any atom is -0.478 e. The number of nitrogens with zero attached hydrogens (tertiary/aromatic N) is 2. The number of carbonyl (C=O) groups excluding carboxylic acids is 1. The molecule has 0 aromatic carbocycles. The van der Waals surface area contributed by atoms with Crippen LogP contribution in [0.25, 0.3) is 0 Å². The van der Waals surface area contributed by atoms with Crippen LogP contribution in [0.2, 0.25) is 0 Å². The highest BCUT2D eigenvalue weighted by Gasteiger charge is 2.13. The summed E-state index contributed by atoms with van der Waals surface area (Å²) in [6, 6.07) is 1.55. The largest absolute Gasteiger partial charge is 0.478 e. The van der Waals surface area contributed by atoms with E-state index >= 15 is 0 Å². The summed E-state index contributed by atoms with van der Waals surface area (Å²) in [5.41, 5.74) is 0.868. The number of hydrogen-bond donors (Lipinski definition) is 2. The lowest BCUT2D eigenvalue weighted by Gasteiger charge is -2.20. The van der Waals surface area contributed by atoms with Gasteiger partial charge in [-0.3, -0.25) is 4.79 Å². The third-order valence-corrected chi connectivity index (χ3v) is 2.75. The number of anilines is 1. The quantitative estimate of drug-likeness (QED) is 0.820. The van der Waals surface area contributed by atoms with Gasteiger partial charge in [-0.05, 0) is 24.5 Å². The van der Waals surface area contributed by atoms with E-state index < -0.39 is 5.97 Å². The molecule has 1 heterocycles. The van der Waals surface area contributed by atoms with E-state index in [1.54, 1.807) is 24.9 Å². The number of pyridine rings is 1. The molecule has 0 aliphatic rings. The van der Waals surface area contributed by atoms with Crippen molar-refractivity contribution >= 4 is 17.7 Å². The maximum absolute atomic E-state index is 11.7. The second-order valence-corrected chi connectivity index (χ2v) is 5.22. The summed E-state index contributed by atoms with van der Waals surface area (Å²) in [4.78, 5) is 28.4. The summed E-state index contributed by atoms with van der Waals surface area (Å²) in [6.07, 6.45) is 1.30. The first-order chi connectivity index (χ1) is 9.31. The van der Waals surface area contributed by atoms with Gasteiger partial charge in [-0.15, -0.1) is 0 Å². The van der Waals surface area contributed by atoms with Crippen molar-refractivity contribution in [1.82, 2.24) is 10.3 Å². The second-order valence-electron chi connectivity index (χ2n) is 5.22. The zero-order valence-electron chi connectivity index (χ0n) is 12.3. The Bertz CT molecular complexity index is 500. The number of hydrogen-bond acceptors (Lipinski definition) is 4. The van der Waals surface area contributed by atoms with Crippen molar-refractivity contribution in [2.45, 2.75) is 20.8 Å². The molecule has 6 heteroatoms. The number of carboxylic acids is 1. The predicted octanol–water partition coefficient (Wildman–Crippen LogP) is 1.30. The Kier molecular flexibility index (Phi) is 5.49. The van der Waals surface area contributed by atoms with Crippen molar-refractivity contribution < 1.29 is 14.7 Å². The minimum absolute atomic E-state index is 0.0790. The Balaban J connectivity index is 2.70. The van der Waals surface area contributed by atoms with Gasteiger partial charge in [0, 0.05) is 19.8 Å². The molecular weight excluding hydrogens is 258 g/mol. The molecule has 20 heavy (non-hydrogen) atoms. The molecule has 0 unspecified atom stereocenters. The average Bonchev–Trinajstić information content (AvgIpc) is 2.35. The van der Waals surface area contributed by atoms with Crippen LogP contribution in [-0.2, 0) is 4.79 Å².